The summed E-state index contributed by atoms with van der Waals surface area (Å²) in [5, 5.41) is 6.08. The average Bonchev–Trinajstić information content (AvgIpc) is 3.31. The second-order valence-corrected chi connectivity index (χ2v) is 13.7. The van der Waals surface area contributed by atoms with E-state index in [0.29, 0.717) is 32.6 Å². The molecule has 0 radical (unpaired) electrons. The number of nitrogens with one attached hydrogen (secondary N) is 2. The molecule has 11 nitrogen and oxygen atoms in total. The van der Waals surface area contributed by atoms with Crippen LogP contribution in [-0.4, -0.2) is 84.2 Å². The van der Waals surface area contributed by atoms with Gasteiger partial charge < -0.3 is 29.7 Å². The summed E-state index contributed by atoms with van der Waals surface area (Å²) in [5.74, 6) is -0.786. The van der Waals surface area contributed by atoms with E-state index in [1.807, 2.05) is 32.9 Å². The zero-order chi connectivity index (χ0) is 32.4. The molecule has 3 amide bonds. The third kappa shape index (κ3) is 10.8. The van der Waals surface area contributed by atoms with Gasteiger partial charge in [0.05, 0.1) is 36.7 Å². The third-order valence-corrected chi connectivity index (χ3v) is 9.06. The fourth-order valence-corrected chi connectivity index (χ4v) is 6.65. The molecule has 11 heteroatoms. The van der Waals surface area contributed by atoms with Crippen molar-refractivity contribution in [3.8, 4) is 0 Å². The van der Waals surface area contributed by atoms with Crippen LogP contribution < -0.4 is 10.6 Å². The molecule has 1 saturated heterocycles. The number of carbonyl (C=O) groups is 4. The van der Waals surface area contributed by atoms with Gasteiger partial charge in [-0.1, -0.05) is 6.07 Å². The van der Waals surface area contributed by atoms with Crippen LogP contribution in [0.2, 0.25) is 0 Å². The number of pyridine rings is 1. The van der Waals surface area contributed by atoms with Gasteiger partial charge in [-0.3, -0.25) is 24.2 Å². The molecule has 3 fully saturated rings. The molecule has 1 aliphatic heterocycles. The van der Waals surface area contributed by atoms with Gasteiger partial charge in [0, 0.05) is 51.5 Å². The van der Waals surface area contributed by atoms with Crippen molar-refractivity contribution in [3.63, 3.8) is 0 Å². The summed E-state index contributed by atoms with van der Waals surface area (Å²) in [7, 11) is 1.73. The van der Waals surface area contributed by atoms with E-state index in [0.717, 1.165) is 56.9 Å². The zero-order valence-electron chi connectivity index (χ0n) is 27.4. The van der Waals surface area contributed by atoms with Gasteiger partial charge in [-0.15, -0.1) is 0 Å². The summed E-state index contributed by atoms with van der Waals surface area (Å²) < 4.78 is 17.6. The van der Waals surface area contributed by atoms with Crippen molar-refractivity contribution in [2.24, 2.45) is 11.8 Å². The highest BCUT2D eigenvalue weighted by molar-refractivity contribution is 5.90. The summed E-state index contributed by atoms with van der Waals surface area (Å²) in [4.78, 5) is 55.8. The highest BCUT2D eigenvalue weighted by atomic mass is 16.6. The fourth-order valence-electron chi connectivity index (χ4n) is 6.65. The molecule has 0 unspecified atom stereocenters. The van der Waals surface area contributed by atoms with E-state index >= 15 is 0 Å². The summed E-state index contributed by atoms with van der Waals surface area (Å²) in [6, 6.07) is 3.53. The van der Waals surface area contributed by atoms with E-state index in [1.54, 1.807) is 24.3 Å². The largest absolute Gasteiger partial charge is 0.460 e. The van der Waals surface area contributed by atoms with Crippen molar-refractivity contribution < 1.29 is 33.4 Å². The Kier molecular flexibility index (Phi) is 12.8. The smallest absolute Gasteiger partial charge is 0.309 e. The van der Waals surface area contributed by atoms with Gasteiger partial charge in [-0.25, -0.2) is 0 Å². The van der Waals surface area contributed by atoms with Crippen molar-refractivity contribution in [2.45, 2.75) is 121 Å². The van der Waals surface area contributed by atoms with Crippen LogP contribution in [0.5, 0.6) is 0 Å². The molecule has 1 aromatic heterocycles. The Morgan fingerprint density at radius 1 is 0.978 bits per heavy atom. The maximum atomic E-state index is 12.9. The van der Waals surface area contributed by atoms with Crippen molar-refractivity contribution in [3.05, 3.63) is 30.1 Å². The number of amides is 3. The van der Waals surface area contributed by atoms with Crippen molar-refractivity contribution in [1.29, 1.82) is 0 Å². The van der Waals surface area contributed by atoms with E-state index in [2.05, 4.69) is 15.6 Å². The van der Waals surface area contributed by atoms with Crippen LogP contribution in [0.4, 0.5) is 0 Å². The Bertz CT molecular complexity index is 1130. The van der Waals surface area contributed by atoms with Gasteiger partial charge in [0.25, 0.3) is 0 Å². The van der Waals surface area contributed by atoms with Crippen LogP contribution in [0, 0.1) is 11.8 Å². The van der Waals surface area contributed by atoms with Crippen LogP contribution in [0.3, 0.4) is 0 Å². The van der Waals surface area contributed by atoms with Gasteiger partial charge in [0.1, 0.15) is 5.60 Å². The molecule has 4 rings (SSSR count). The van der Waals surface area contributed by atoms with E-state index in [1.165, 1.54) is 0 Å². The SMILES string of the molecule is CN1C(=O)C[C@H](C(=O)NCCOC2CCC(OCCCC(=O)NC3CCC(C(=O)OC(C)(C)C)CC3)CC2)[C@H]1c1cccnc1. The first-order chi connectivity index (χ1) is 21.5. The molecule has 0 spiro atoms. The molecule has 2 N–H and O–H groups in total. The second kappa shape index (κ2) is 16.5. The van der Waals surface area contributed by atoms with Crippen molar-refractivity contribution in [1.82, 2.24) is 20.5 Å². The molecule has 2 heterocycles. The minimum atomic E-state index is -0.470. The quantitative estimate of drug-likeness (QED) is 0.248. The van der Waals surface area contributed by atoms with Crippen molar-refractivity contribution in [2.75, 3.05) is 26.8 Å². The lowest BCUT2D eigenvalue weighted by molar-refractivity contribution is -0.161. The lowest BCUT2D eigenvalue weighted by Crippen LogP contribution is -2.39. The first-order valence-corrected chi connectivity index (χ1v) is 16.7. The summed E-state index contributed by atoms with van der Waals surface area (Å²) >= 11 is 0. The molecule has 250 valence electrons. The molecule has 45 heavy (non-hydrogen) atoms. The van der Waals surface area contributed by atoms with Gasteiger partial charge in [0.2, 0.25) is 17.7 Å². The molecule has 2 aliphatic carbocycles. The minimum absolute atomic E-state index is 0.0435. The van der Waals surface area contributed by atoms with Crippen LogP contribution in [0.25, 0.3) is 0 Å². The molecule has 0 bridgehead atoms. The third-order valence-electron chi connectivity index (χ3n) is 9.06. The number of hydrogen-bond acceptors (Lipinski definition) is 8. The highest BCUT2D eigenvalue weighted by Crippen LogP contribution is 2.36. The Hall–Kier alpha value is -3.05. The average molecular weight is 629 g/mol. The molecule has 2 saturated carbocycles. The predicted molar refractivity (Wildman–Crippen MR) is 168 cm³/mol. The summed E-state index contributed by atoms with van der Waals surface area (Å²) in [6.07, 6.45) is 11.7. The Morgan fingerprint density at radius 3 is 2.27 bits per heavy atom. The Labute approximate surface area is 267 Å². The lowest BCUT2D eigenvalue weighted by atomic mass is 9.86. The molecular weight excluding hydrogens is 576 g/mol. The molecule has 0 aromatic carbocycles. The minimum Gasteiger partial charge on any atom is -0.460 e. The van der Waals surface area contributed by atoms with E-state index in [9.17, 15) is 19.2 Å². The van der Waals surface area contributed by atoms with Gasteiger partial charge in [0.15, 0.2) is 0 Å². The fraction of sp³-hybridized carbons (Fsp3) is 0.735. The zero-order valence-corrected chi connectivity index (χ0v) is 27.4. The Balaban J connectivity index is 1.02. The number of esters is 1. The van der Waals surface area contributed by atoms with Crippen LogP contribution in [-0.2, 0) is 33.4 Å². The molecular formula is C34H52N4O7. The van der Waals surface area contributed by atoms with Crippen LogP contribution >= 0.6 is 0 Å². The number of ether oxygens (including phenoxy) is 3. The van der Waals surface area contributed by atoms with E-state index < -0.39 is 11.5 Å². The molecule has 2 atom stereocenters. The van der Waals surface area contributed by atoms with Gasteiger partial charge in [-0.05, 0) is 90.2 Å². The topological polar surface area (TPSA) is 136 Å². The first-order valence-electron chi connectivity index (χ1n) is 16.7. The normalized spacial score (nSPS) is 27.2. The van der Waals surface area contributed by atoms with Gasteiger partial charge in [-0.2, -0.15) is 0 Å². The lowest BCUT2D eigenvalue weighted by Gasteiger charge is -2.30. The number of aromatic nitrogens is 1. The van der Waals surface area contributed by atoms with Gasteiger partial charge >= 0.3 is 5.97 Å². The van der Waals surface area contributed by atoms with E-state index in [-0.39, 0.29) is 60.3 Å². The number of nitrogens with zero attached hydrogens (tertiary/aromatic N) is 2. The summed E-state index contributed by atoms with van der Waals surface area (Å²) in [5.41, 5.74) is 0.391. The van der Waals surface area contributed by atoms with Crippen LogP contribution in [0.1, 0.15) is 103 Å². The monoisotopic (exact) mass is 628 g/mol. The standard InChI is InChI=1S/C34H52N4O7/c1-34(2,3)45-33(42)23-9-11-25(12-10-23)37-29(39)8-6-19-43-26-13-15-27(16-14-26)44-20-18-36-32(41)28-21-30(40)38(4)31(28)24-7-5-17-35-22-24/h5,7,17,22-23,25-28,31H,6,8-16,18-21H2,1-4H3,(H,36,41)(H,37,39)/t23?,25?,26?,27?,28-,31+/m0/s1. The number of carbonyl (C=O) groups excluding carboxylic acids is 4. The first kappa shape index (κ1) is 34.8. The highest BCUT2D eigenvalue weighted by Gasteiger charge is 2.42. The molecule has 1 aromatic rings. The second-order valence-electron chi connectivity index (χ2n) is 13.7. The molecule has 3 aliphatic rings. The maximum Gasteiger partial charge on any atom is 0.309 e. The number of rotatable bonds is 13. The maximum absolute atomic E-state index is 12.9. The number of hydrogen-bond donors (Lipinski definition) is 2. The Morgan fingerprint density at radius 2 is 1.64 bits per heavy atom. The van der Waals surface area contributed by atoms with Crippen LogP contribution in [0.15, 0.2) is 24.5 Å². The summed E-state index contributed by atoms with van der Waals surface area (Å²) in [6.45, 7) is 7.03. The predicted octanol–water partition coefficient (Wildman–Crippen LogP) is 3.86. The van der Waals surface area contributed by atoms with Crippen molar-refractivity contribution >= 4 is 23.7 Å². The number of likely N-dealkylation sites (tertiary alicyclic amines) is 1. The van der Waals surface area contributed by atoms with E-state index in [4.69, 9.17) is 14.2 Å².